The summed E-state index contributed by atoms with van der Waals surface area (Å²) in [5, 5.41) is 13.9. The van der Waals surface area contributed by atoms with Crippen LogP contribution >= 0.6 is 0 Å². The van der Waals surface area contributed by atoms with Gasteiger partial charge in [0.2, 0.25) is 0 Å². The summed E-state index contributed by atoms with van der Waals surface area (Å²) < 4.78 is 26.7. The van der Waals surface area contributed by atoms with Gasteiger partial charge in [0, 0.05) is 20.7 Å². The van der Waals surface area contributed by atoms with Gasteiger partial charge in [0.05, 0.1) is 12.7 Å². The second-order valence-electron chi connectivity index (χ2n) is 2.43. The minimum atomic E-state index is -3.70. The molecule has 0 saturated carbocycles. The van der Waals surface area contributed by atoms with Gasteiger partial charge in [-0.15, -0.1) is 0 Å². The molecule has 7 heteroatoms. The van der Waals surface area contributed by atoms with Crippen LogP contribution in [0.25, 0.3) is 0 Å². The fourth-order valence-electron chi connectivity index (χ4n) is 0.646. The van der Waals surface area contributed by atoms with Crippen molar-refractivity contribution in [3.05, 3.63) is 0 Å². The molecular formula is C5H14N2O4S. The highest BCUT2D eigenvalue weighted by molar-refractivity contribution is 7.86. The van der Waals surface area contributed by atoms with Crippen LogP contribution in [0.15, 0.2) is 0 Å². The van der Waals surface area contributed by atoms with Gasteiger partial charge < -0.3 is 9.84 Å². The van der Waals surface area contributed by atoms with Crippen molar-refractivity contribution in [2.75, 3.05) is 27.3 Å². The Balaban J connectivity index is 3.93. The standard InChI is InChI=1S/C5H14N2O4S/c1-7(12(6,9)10)3-5(8)4-11-2/h5,8H,3-4H2,1-2H3,(H2,6,9,10). The number of hydrogen-bond acceptors (Lipinski definition) is 4. The molecule has 74 valence electrons. The van der Waals surface area contributed by atoms with Gasteiger partial charge >= 0.3 is 0 Å². The van der Waals surface area contributed by atoms with Crippen molar-refractivity contribution < 1.29 is 18.3 Å². The Morgan fingerprint density at radius 3 is 2.50 bits per heavy atom. The topological polar surface area (TPSA) is 92.9 Å². The lowest BCUT2D eigenvalue weighted by molar-refractivity contribution is 0.0554. The maximum atomic E-state index is 10.6. The molecule has 0 aromatic rings. The monoisotopic (exact) mass is 198 g/mol. The number of likely N-dealkylation sites (N-methyl/N-ethyl adjacent to an activating group) is 1. The number of aliphatic hydroxyl groups excluding tert-OH is 1. The second-order valence-corrected chi connectivity index (χ2v) is 4.09. The van der Waals surface area contributed by atoms with Crippen molar-refractivity contribution in [1.82, 2.24) is 4.31 Å². The van der Waals surface area contributed by atoms with Gasteiger partial charge in [0.25, 0.3) is 10.2 Å². The minimum absolute atomic E-state index is 0.0628. The molecule has 0 aromatic carbocycles. The molecule has 0 amide bonds. The maximum Gasteiger partial charge on any atom is 0.276 e. The smallest absolute Gasteiger partial charge is 0.276 e. The molecule has 0 bridgehead atoms. The predicted molar refractivity (Wildman–Crippen MR) is 43.6 cm³/mol. The van der Waals surface area contributed by atoms with Crippen molar-refractivity contribution in [2.24, 2.45) is 5.14 Å². The third kappa shape index (κ3) is 4.62. The first-order valence-corrected chi connectivity index (χ1v) is 4.79. The largest absolute Gasteiger partial charge is 0.389 e. The molecule has 3 N–H and O–H groups in total. The molecule has 12 heavy (non-hydrogen) atoms. The van der Waals surface area contributed by atoms with Crippen LogP contribution in [-0.2, 0) is 14.9 Å². The van der Waals surface area contributed by atoms with Gasteiger partial charge in [-0.05, 0) is 0 Å². The molecule has 0 aliphatic carbocycles. The Morgan fingerprint density at radius 2 is 2.17 bits per heavy atom. The molecule has 0 rings (SSSR count). The molecular weight excluding hydrogens is 184 g/mol. The third-order valence-electron chi connectivity index (χ3n) is 1.26. The molecule has 0 heterocycles. The first-order valence-electron chi connectivity index (χ1n) is 3.29. The molecule has 0 radical (unpaired) electrons. The van der Waals surface area contributed by atoms with Crippen molar-refractivity contribution in [3.63, 3.8) is 0 Å². The second kappa shape index (κ2) is 4.73. The van der Waals surface area contributed by atoms with Crippen LogP contribution < -0.4 is 5.14 Å². The highest BCUT2D eigenvalue weighted by atomic mass is 32.2. The highest BCUT2D eigenvalue weighted by Crippen LogP contribution is 1.93. The Labute approximate surface area is 72.1 Å². The normalized spacial score (nSPS) is 15.1. The Morgan fingerprint density at radius 1 is 1.67 bits per heavy atom. The van der Waals surface area contributed by atoms with Crippen LogP contribution in [0.1, 0.15) is 0 Å². The summed E-state index contributed by atoms with van der Waals surface area (Å²) in [6, 6.07) is 0. The van der Waals surface area contributed by atoms with Gasteiger partial charge in [0.1, 0.15) is 0 Å². The average molecular weight is 198 g/mol. The molecule has 1 atom stereocenters. The Bertz CT molecular complexity index is 215. The zero-order valence-electron chi connectivity index (χ0n) is 7.10. The quantitative estimate of drug-likeness (QED) is 0.541. The van der Waals surface area contributed by atoms with E-state index in [-0.39, 0.29) is 13.2 Å². The first-order chi connectivity index (χ1) is 5.38. The number of aliphatic hydroxyl groups is 1. The number of nitrogens with zero attached hydrogens (tertiary/aromatic N) is 1. The van der Waals surface area contributed by atoms with E-state index in [9.17, 15) is 8.42 Å². The van der Waals surface area contributed by atoms with Crippen molar-refractivity contribution >= 4 is 10.2 Å². The van der Waals surface area contributed by atoms with Gasteiger partial charge in [-0.3, -0.25) is 0 Å². The number of rotatable bonds is 5. The molecule has 0 saturated heterocycles. The lowest BCUT2D eigenvalue weighted by Gasteiger charge is -2.16. The Kier molecular flexibility index (Phi) is 4.64. The van der Waals surface area contributed by atoms with Crippen LogP contribution in [-0.4, -0.2) is 51.2 Å². The molecule has 0 fully saturated rings. The summed E-state index contributed by atoms with van der Waals surface area (Å²) in [5.41, 5.74) is 0. The number of ether oxygens (including phenoxy) is 1. The number of nitrogens with two attached hydrogens (primary N) is 1. The average Bonchev–Trinajstić information content (AvgIpc) is 1.85. The Hall–Kier alpha value is -0.210. The van der Waals surface area contributed by atoms with Gasteiger partial charge in [0.15, 0.2) is 0 Å². The lowest BCUT2D eigenvalue weighted by atomic mass is 10.4. The van der Waals surface area contributed by atoms with E-state index in [1.165, 1.54) is 14.2 Å². The summed E-state index contributed by atoms with van der Waals surface area (Å²) in [6.45, 7) is 0.0204. The van der Waals surface area contributed by atoms with E-state index >= 15 is 0 Å². The van der Waals surface area contributed by atoms with Crippen LogP contribution in [0.4, 0.5) is 0 Å². The molecule has 0 spiro atoms. The molecule has 6 nitrogen and oxygen atoms in total. The number of hydrogen-bond donors (Lipinski definition) is 2. The molecule has 0 aromatic heterocycles. The SMILES string of the molecule is COCC(O)CN(C)S(N)(=O)=O. The lowest BCUT2D eigenvalue weighted by Crippen LogP contribution is -2.39. The fraction of sp³-hybridized carbons (Fsp3) is 1.00. The van der Waals surface area contributed by atoms with E-state index in [0.29, 0.717) is 0 Å². The summed E-state index contributed by atoms with van der Waals surface area (Å²) in [4.78, 5) is 0. The summed E-state index contributed by atoms with van der Waals surface area (Å²) in [5.74, 6) is 0. The van der Waals surface area contributed by atoms with E-state index in [2.05, 4.69) is 4.74 Å². The van der Waals surface area contributed by atoms with E-state index in [1.807, 2.05) is 0 Å². The van der Waals surface area contributed by atoms with Crippen LogP contribution in [0.3, 0.4) is 0 Å². The first kappa shape index (κ1) is 11.8. The van der Waals surface area contributed by atoms with Crippen molar-refractivity contribution in [2.45, 2.75) is 6.10 Å². The molecule has 0 aliphatic rings. The molecule has 1 unspecified atom stereocenters. The predicted octanol–water partition coefficient (Wildman–Crippen LogP) is -1.87. The molecule has 0 aliphatic heterocycles. The number of methoxy groups -OCH3 is 1. The maximum absolute atomic E-state index is 10.6. The van der Waals surface area contributed by atoms with Gasteiger partial charge in [-0.2, -0.15) is 12.7 Å². The van der Waals surface area contributed by atoms with E-state index in [1.54, 1.807) is 0 Å². The summed E-state index contributed by atoms with van der Waals surface area (Å²) >= 11 is 0. The van der Waals surface area contributed by atoms with Crippen LogP contribution in [0.5, 0.6) is 0 Å². The van der Waals surface area contributed by atoms with Crippen molar-refractivity contribution in [1.29, 1.82) is 0 Å². The minimum Gasteiger partial charge on any atom is -0.389 e. The summed E-state index contributed by atoms with van der Waals surface area (Å²) in [7, 11) is -0.996. The fourth-order valence-corrected chi connectivity index (χ4v) is 1.03. The van der Waals surface area contributed by atoms with E-state index < -0.39 is 16.3 Å². The van der Waals surface area contributed by atoms with E-state index in [0.717, 1.165) is 4.31 Å². The van der Waals surface area contributed by atoms with Crippen molar-refractivity contribution in [3.8, 4) is 0 Å². The summed E-state index contributed by atoms with van der Waals surface area (Å²) in [6.07, 6.45) is -0.849. The zero-order valence-corrected chi connectivity index (χ0v) is 7.91. The van der Waals surface area contributed by atoms with Crippen LogP contribution in [0.2, 0.25) is 0 Å². The van der Waals surface area contributed by atoms with E-state index in [4.69, 9.17) is 10.2 Å². The van der Waals surface area contributed by atoms with Crippen LogP contribution in [0, 0.1) is 0 Å². The highest BCUT2D eigenvalue weighted by Gasteiger charge is 2.15. The zero-order chi connectivity index (χ0) is 9.78. The van der Waals surface area contributed by atoms with Gasteiger partial charge in [-0.1, -0.05) is 0 Å². The van der Waals surface area contributed by atoms with Gasteiger partial charge in [-0.25, -0.2) is 5.14 Å². The third-order valence-corrected chi connectivity index (χ3v) is 2.28.